The van der Waals surface area contributed by atoms with Crippen molar-refractivity contribution in [1.29, 1.82) is 0 Å². The Balaban J connectivity index is 2.23. The van der Waals surface area contributed by atoms with E-state index in [1.807, 2.05) is 0 Å². The molecule has 1 fully saturated rings. The van der Waals surface area contributed by atoms with Gasteiger partial charge in [-0.25, -0.2) is 0 Å². The lowest BCUT2D eigenvalue weighted by Crippen LogP contribution is -2.33. The highest BCUT2D eigenvalue weighted by Crippen LogP contribution is 2.19. The average molecular weight is 185 g/mol. The Morgan fingerprint density at radius 2 is 2.38 bits per heavy atom. The Kier molecular flexibility index (Phi) is 3.69. The first-order valence-corrected chi connectivity index (χ1v) is 4.82. The molecule has 76 valence electrons. The van der Waals surface area contributed by atoms with Crippen LogP contribution in [-0.2, 0) is 4.79 Å². The second kappa shape index (κ2) is 4.58. The monoisotopic (exact) mass is 185 g/mol. The summed E-state index contributed by atoms with van der Waals surface area (Å²) in [6, 6.07) is 0.137. The highest BCUT2D eigenvalue weighted by molar-refractivity contribution is 5.73. The molecule has 1 aliphatic heterocycles. The van der Waals surface area contributed by atoms with E-state index >= 15 is 0 Å². The molecule has 0 bridgehead atoms. The van der Waals surface area contributed by atoms with Crippen molar-refractivity contribution in [3.05, 3.63) is 0 Å². The summed E-state index contributed by atoms with van der Waals surface area (Å²) in [5, 5.41) is 0. The zero-order valence-corrected chi connectivity index (χ0v) is 8.20. The first kappa shape index (κ1) is 10.5. The molecule has 1 saturated heterocycles. The van der Waals surface area contributed by atoms with Crippen molar-refractivity contribution in [2.24, 2.45) is 17.4 Å². The van der Waals surface area contributed by atoms with Gasteiger partial charge in [-0.2, -0.15) is 0 Å². The third kappa shape index (κ3) is 3.32. The molecule has 0 spiro atoms. The lowest BCUT2D eigenvalue weighted by atomic mass is 9.96. The molecule has 1 aliphatic rings. The summed E-state index contributed by atoms with van der Waals surface area (Å²) < 4.78 is 0. The van der Waals surface area contributed by atoms with Gasteiger partial charge >= 0.3 is 0 Å². The van der Waals surface area contributed by atoms with Crippen LogP contribution in [0.15, 0.2) is 0 Å². The third-order valence-electron chi connectivity index (χ3n) is 2.76. The Morgan fingerprint density at radius 1 is 1.69 bits per heavy atom. The van der Waals surface area contributed by atoms with E-state index in [4.69, 9.17) is 11.5 Å². The number of carbonyl (C=O) groups is 1. The standard InChI is InChI=1S/C9H19N3O/c1-12-5-4-7(6-12)8(10)2-3-9(11)13/h7-8H,2-6,10H2,1H3,(H2,11,13). The van der Waals surface area contributed by atoms with Crippen molar-refractivity contribution in [3.8, 4) is 0 Å². The number of amides is 1. The summed E-state index contributed by atoms with van der Waals surface area (Å²) in [6.07, 6.45) is 2.30. The maximum Gasteiger partial charge on any atom is 0.217 e. The molecule has 4 N–H and O–H groups in total. The van der Waals surface area contributed by atoms with Crippen LogP contribution >= 0.6 is 0 Å². The lowest BCUT2D eigenvalue weighted by Gasteiger charge is -2.18. The second-order valence-corrected chi connectivity index (χ2v) is 3.98. The van der Waals surface area contributed by atoms with E-state index in [-0.39, 0.29) is 11.9 Å². The fraction of sp³-hybridized carbons (Fsp3) is 0.889. The first-order chi connectivity index (χ1) is 6.09. The van der Waals surface area contributed by atoms with Crippen LogP contribution in [0.1, 0.15) is 19.3 Å². The van der Waals surface area contributed by atoms with E-state index in [1.54, 1.807) is 0 Å². The Hall–Kier alpha value is -0.610. The van der Waals surface area contributed by atoms with Crippen LogP contribution in [0.3, 0.4) is 0 Å². The number of rotatable bonds is 4. The molecule has 0 aliphatic carbocycles. The van der Waals surface area contributed by atoms with Gasteiger partial charge in [-0.05, 0) is 32.4 Å². The summed E-state index contributed by atoms with van der Waals surface area (Å²) in [6.45, 7) is 2.18. The summed E-state index contributed by atoms with van der Waals surface area (Å²) in [4.78, 5) is 12.8. The largest absolute Gasteiger partial charge is 0.370 e. The molecule has 13 heavy (non-hydrogen) atoms. The van der Waals surface area contributed by atoms with E-state index in [0.717, 1.165) is 25.9 Å². The summed E-state index contributed by atoms with van der Waals surface area (Å²) in [5.74, 6) is 0.297. The van der Waals surface area contributed by atoms with Gasteiger partial charge in [-0.3, -0.25) is 4.79 Å². The molecule has 0 saturated carbocycles. The van der Waals surface area contributed by atoms with E-state index in [2.05, 4.69) is 11.9 Å². The number of hydrogen-bond acceptors (Lipinski definition) is 3. The predicted octanol–water partition coefficient (Wildman–Crippen LogP) is -0.469. The fourth-order valence-corrected chi connectivity index (χ4v) is 1.86. The normalized spacial score (nSPS) is 26.2. The Labute approximate surface area is 79.3 Å². The van der Waals surface area contributed by atoms with Gasteiger partial charge in [0.1, 0.15) is 0 Å². The SMILES string of the molecule is CN1CCC(C(N)CCC(N)=O)C1. The molecule has 1 rings (SSSR count). The van der Waals surface area contributed by atoms with Crippen molar-refractivity contribution in [2.75, 3.05) is 20.1 Å². The van der Waals surface area contributed by atoms with E-state index < -0.39 is 0 Å². The Bertz CT molecular complexity index is 184. The first-order valence-electron chi connectivity index (χ1n) is 4.82. The number of hydrogen-bond donors (Lipinski definition) is 2. The summed E-state index contributed by atoms with van der Waals surface area (Å²) in [5.41, 5.74) is 11.0. The molecular weight excluding hydrogens is 166 g/mol. The van der Waals surface area contributed by atoms with Gasteiger partial charge in [0.2, 0.25) is 5.91 Å². The molecule has 0 aromatic carbocycles. The van der Waals surface area contributed by atoms with Gasteiger partial charge in [0.15, 0.2) is 0 Å². The van der Waals surface area contributed by atoms with E-state index in [1.165, 1.54) is 0 Å². The molecule has 1 heterocycles. The van der Waals surface area contributed by atoms with Crippen molar-refractivity contribution in [3.63, 3.8) is 0 Å². The molecule has 0 aromatic rings. The van der Waals surface area contributed by atoms with Crippen molar-refractivity contribution >= 4 is 5.91 Å². The molecule has 2 unspecified atom stereocenters. The Morgan fingerprint density at radius 3 is 2.85 bits per heavy atom. The molecule has 0 aromatic heterocycles. The van der Waals surface area contributed by atoms with Gasteiger partial charge in [0.05, 0.1) is 0 Å². The quantitative estimate of drug-likeness (QED) is 0.622. The zero-order valence-electron chi connectivity index (χ0n) is 8.20. The predicted molar refractivity (Wildman–Crippen MR) is 52.0 cm³/mol. The van der Waals surface area contributed by atoms with Gasteiger partial charge in [0, 0.05) is 19.0 Å². The van der Waals surface area contributed by atoms with Crippen LogP contribution in [0.5, 0.6) is 0 Å². The smallest absolute Gasteiger partial charge is 0.217 e. The highest BCUT2D eigenvalue weighted by Gasteiger charge is 2.25. The number of nitrogens with zero attached hydrogens (tertiary/aromatic N) is 1. The molecule has 1 amide bonds. The number of carbonyl (C=O) groups excluding carboxylic acids is 1. The van der Waals surface area contributed by atoms with Gasteiger partial charge in [0.25, 0.3) is 0 Å². The lowest BCUT2D eigenvalue weighted by molar-refractivity contribution is -0.118. The summed E-state index contributed by atoms with van der Waals surface area (Å²) in [7, 11) is 2.10. The fourth-order valence-electron chi connectivity index (χ4n) is 1.86. The van der Waals surface area contributed by atoms with Crippen LogP contribution < -0.4 is 11.5 Å². The zero-order chi connectivity index (χ0) is 9.84. The van der Waals surface area contributed by atoms with Crippen LogP contribution in [-0.4, -0.2) is 37.0 Å². The third-order valence-corrected chi connectivity index (χ3v) is 2.76. The minimum Gasteiger partial charge on any atom is -0.370 e. The van der Waals surface area contributed by atoms with Crippen molar-refractivity contribution < 1.29 is 4.79 Å². The maximum absolute atomic E-state index is 10.5. The maximum atomic E-state index is 10.5. The minimum atomic E-state index is -0.248. The van der Waals surface area contributed by atoms with Gasteiger partial charge < -0.3 is 16.4 Å². The van der Waals surface area contributed by atoms with Crippen LogP contribution in [0.4, 0.5) is 0 Å². The molecule has 2 atom stereocenters. The van der Waals surface area contributed by atoms with E-state index in [0.29, 0.717) is 12.3 Å². The number of nitrogens with two attached hydrogens (primary N) is 2. The molecule has 4 nitrogen and oxygen atoms in total. The number of likely N-dealkylation sites (tertiary alicyclic amines) is 1. The van der Waals surface area contributed by atoms with Crippen molar-refractivity contribution in [2.45, 2.75) is 25.3 Å². The minimum absolute atomic E-state index is 0.137. The van der Waals surface area contributed by atoms with Gasteiger partial charge in [-0.15, -0.1) is 0 Å². The topological polar surface area (TPSA) is 72.3 Å². The number of primary amides is 1. The molecular formula is C9H19N3O. The molecule has 0 radical (unpaired) electrons. The van der Waals surface area contributed by atoms with Gasteiger partial charge in [-0.1, -0.05) is 0 Å². The van der Waals surface area contributed by atoms with Crippen LogP contribution in [0.2, 0.25) is 0 Å². The van der Waals surface area contributed by atoms with Crippen LogP contribution in [0.25, 0.3) is 0 Å². The van der Waals surface area contributed by atoms with E-state index in [9.17, 15) is 4.79 Å². The highest BCUT2D eigenvalue weighted by atomic mass is 16.1. The summed E-state index contributed by atoms with van der Waals surface area (Å²) >= 11 is 0. The van der Waals surface area contributed by atoms with Crippen molar-refractivity contribution in [1.82, 2.24) is 4.90 Å². The average Bonchev–Trinajstić information content (AvgIpc) is 2.47. The second-order valence-electron chi connectivity index (χ2n) is 3.98. The van der Waals surface area contributed by atoms with Crippen LogP contribution in [0, 0.1) is 5.92 Å². The molecule has 4 heteroatoms.